The second kappa shape index (κ2) is 15.3. The molecule has 0 spiro atoms. The van der Waals surface area contributed by atoms with E-state index in [1.165, 1.54) is 6.07 Å². The van der Waals surface area contributed by atoms with Crippen LogP contribution in [0.3, 0.4) is 0 Å². The zero-order valence-electron chi connectivity index (χ0n) is 39.7. The van der Waals surface area contributed by atoms with E-state index in [9.17, 15) is 1.37 Å². The van der Waals surface area contributed by atoms with Crippen molar-refractivity contribution in [2.24, 2.45) is 0 Å². The lowest BCUT2D eigenvalue weighted by atomic mass is 9.99. The smallest absolute Gasteiger partial charge is 0.164 e. The minimum atomic E-state index is -0.576. The Kier molecular flexibility index (Phi) is 6.89. The van der Waals surface area contributed by atoms with Gasteiger partial charge in [0.15, 0.2) is 23.3 Å². The molecule has 5 heteroatoms. The predicted molar refractivity (Wildman–Crippen MR) is 236 cm³/mol. The molecule has 10 aromatic rings. The minimum Gasteiger partial charge on any atom is -0.228 e. The van der Waals surface area contributed by atoms with Gasteiger partial charge in [0.2, 0.25) is 0 Å². The molecule has 0 aliphatic carbocycles. The van der Waals surface area contributed by atoms with Crippen molar-refractivity contribution in [3.63, 3.8) is 0 Å². The third kappa shape index (κ3) is 7.16. The van der Waals surface area contributed by atoms with Crippen LogP contribution in [0.1, 0.15) is 12.3 Å². The van der Waals surface area contributed by atoms with Gasteiger partial charge in [0.05, 0.1) is 23.7 Å². The normalized spacial score (nSPS) is 13.3. The van der Waals surface area contributed by atoms with Crippen LogP contribution in [-0.4, -0.2) is 24.9 Å². The fraction of sp³-hybridized carbons (Fsp3) is 0. The zero-order valence-corrected chi connectivity index (χ0v) is 30.7. The fourth-order valence-electron chi connectivity index (χ4n) is 6.77. The highest BCUT2D eigenvalue weighted by atomic mass is 15.0. The summed E-state index contributed by atoms with van der Waals surface area (Å²) in [6, 6.07) is 45.4. The van der Waals surface area contributed by atoms with Crippen molar-refractivity contribution in [2.75, 3.05) is 0 Å². The molecule has 0 N–H and O–H groups in total. The van der Waals surface area contributed by atoms with Crippen molar-refractivity contribution in [2.45, 2.75) is 0 Å². The van der Waals surface area contributed by atoms with Gasteiger partial charge in [0.1, 0.15) is 0 Å². The first-order valence-electron chi connectivity index (χ1n) is 23.1. The van der Waals surface area contributed by atoms with Gasteiger partial charge < -0.3 is 0 Å². The van der Waals surface area contributed by atoms with Crippen molar-refractivity contribution < 1.29 is 12.3 Å². The standard InChI is InChI=1S/C53H35N5/c1-4-15-38(16-5-1)48-35-49(55-50(54-48)39-17-6-2-7-18-39)46-24-12-22-43(33-46)44-23-13-25-47(34-44)53-57-51(40-19-8-3-9-20-40)56-52(58-53)41-29-26-37(27-30-41)45-31-28-36-14-10-11-21-42(36)32-45/h1-35H/i2D,6D,7D,12D,17D,18D,22D,24D,33D. The molecular weight excluding hydrogens is 707 g/mol. The Morgan fingerprint density at radius 2 is 0.776 bits per heavy atom. The molecule has 58 heavy (non-hydrogen) atoms. The van der Waals surface area contributed by atoms with E-state index >= 15 is 0 Å². The number of aromatic nitrogens is 5. The molecule has 0 fully saturated rings. The highest BCUT2D eigenvalue weighted by Gasteiger charge is 2.15. The summed E-state index contributed by atoms with van der Waals surface area (Å²) in [7, 11) is 0. The predicted octanol–water partition coefficient (Wildman–Crippen LogP) is 13.2. The van der Waals surface area contributed by atoms with E-state index in [-0.39, 0.29) is 40.3 Å². The van der Waals surface area contributed by atoms with Crippen molar-refractivity contribution in [1.29, 1.82) is 0 Å². The first-order valence-corrected chi connectivity index (χ1v) is 18.6. The molecule has 0 bridgehead atoms. The second-order valence-corrected chi connectivity index (χ2v) is 13.5. The average molecular weight is 751 g/mol. The molecule has 272 valence electrons. The van der Waals surface area contributed by atoms with Crippen LogP contribution >= 0.6 is 0 Å². The van der Waals surface area contributed by atoms with Gasteiger partial charge in [-0.1, -0.05) is 188 Å². The first-order chi connectivity index (χ1) is 32.4. The van der Waals surface area contributed by atoms with E-state index in [2.05, 4.69) is 40.3 Å². The Labute approximate surface area is 349 Å². The van der Waals surface area contributed by atoms with Gasteiger partial charge in [-0.05, 0) is 57.3 Å². The van der Waals surface area contributed by atoms with Gasteiger partial charge in [-0.2, -0.15) is 0 Å². The lowest BCUT2D eigenvalue weighted by molar-refractivity contribution is 1.07. The molecule has 0 aliphatic rings. The molecule has 2 heterocycles. The maximum Gasteiger partial charge on any atom is 0.164 e. The zero-order chi connectivity index (χ0) is 46.5. The minimum absolute atomic E-state index is 0.00202. The molecule has 0 saturated heterocycles. The molecule has 10 rings (SSSR count). The number of hydrogen-bond donors (Lipinski definition) is 0. The van der Waals surface area contributed by atoms with Crippen LogP contribution in [0.15, 0.2) is 212 Å². The maximum absolute atomic E-state index is 9.63. The fourth-order valence-corrected chi connectivity index (χ4v) is 6.77. The number of rotatable bonds is 8. The van der Waals surface area contributed by atoms with E-state index in [1.807, 2.05) is 78.9 Å². The third-order valence-corrected chi connectivity index (χ3v) is 9.70. The van der Waals surface area contributed by atoms with E-state index in [1.54, 1.807) is 42.5 Å². The van der Waals surface area contributed by atoms with E-state index in [0.717, 1.165) is 33.0 Å². The lowest BCUT2D eigenvalue weighted by Crippen LogP contribution is -2.00. The molecule has 0 unspecified atom stereocenters. The first kappa shape index (κ1) is 26.1. The average Bonchev–Trinajstić information content (AvgIpc) is 3.37. The summed E-state index contributed by atoms with van der Waals surface area (Å²) in [6.07, 6.45) is 0. The monoisotopic (exact) mass is 750 g/mol. The summed E-state index contributed by atoms with van der Waals surface area (Å²) >= 11 is 0. The molecule has 0 radical (unpaired) electrons. The third-order valence-electron chi connectivity index (χ3n) is 9.70. The lowest BCUT2D eigenvalue weighted by Gasteiger charge is -2.12. The largest absolute Gasteiger partial charge is 0.228 e. The molecule has 5 nitrogen and oxygen atoms in total. The summed E-state index contributed by atoms with van der Waals surface area (Å²) in [4.78, 5) is 24.1. The highest BCUT2D eigenvalue weighted by molar-refractivity contribution is 5.87. The topological polar surface area (TPSA) is 64.5 Å². The van der Waals surface area contributed by atoms with Crippen molar-refractivity contribution in [3.05, 3.63) is 212 Å². The number of nitrogens with zero attached hydrogens (tertiary/aromatic N) is 5. The molecule has 0 aliphatic heterocycles. The van der Waals surface area contributed by atoms with Gasteiger partial charge >= 0.3 is 0 Å². The summed E-state index contributed by atoms with van der Waals surface area (Å²) < 4.78 is 79.1. The SMILES string of the molecule is [2H]c1c([2H])c([2H])c(-c2nc(-c3ccccc3)cc(-c3c([2H])c([2H])c([2H])c(-c4cccc(-c5nc(-c6ccccc6)nc(-c6ccc(-c7ccc8ccccc8c7)cc6)n5)c4)c3[2H])n2)c([2H])c1[2H]. The summed E-state index contributed by atoms with van der Waals surface area (Å²) in [6.45, 7) is 0. The Balaban J connectivity index is 1.10. The molecule has 0 atom stereocenters. The van der Waals surface area contributed by atoms with Gasteiger partial charge in [-0.25, -0.2) is 24.9 Å². The summed E-state index contributed by atoms with van der Waals surface area (Å²) in [5, 5.41) is 2.31. The summed E-state index contributed by atoms with van der Waals surface area (Å²) in [5.41, 5.74) is 5.15. The molecule has 8 aromatic carbocycles. The van der Waals surface area contributed by atoms with Gasteiger partial charge in [-0.15, -0.1) is 0 Å². The Bertz CT molecular complexity index is 3540. The van der Waals surface area contributed by atoms with E-state index in [4.69, 9.17) is 25.9 Å². The van der Waals surface area contributed by atoms with Crippen molar-refractivity contribution in [3.8, 4) is 90.3 Å². The van der Waals surface area contributed by atoms with E-state index < -0.39 is 42.3 Å². The second-order valence-electron chi connectivity index (χ2n) is 13.5. The van der Waals surface area contributed by atoms with Gasteiger partial charge in [0, 0.05) is 33.4 Å². The van der Waals surface area contributed by atoms with Crippen LogP contribution in [0.2, 0.25) is 0 Å². The van der Waals surface area contributed by atoms with Gasteiger partial charge in [-0.3, -0.25) is 0 Å². The Hall–Kier alpha value is -7.89. The van der Waals surface area contributed by atoms with Crippen molar-refractivity contribution in [1.82, 2.24) is 24.9 Å². The number of benzene rings is 8. The Morgan fingerprint density at radius 1 is 0.276 bits per heavy atom. The number of fused-ring (bicyclic) bond motifs is 1. The van der Waals surface area contributed by atoms with Crippen LogP contribution in [0.4, 0.5) is 0 Å². The molecule has 0 saturated carbocycles. The Morgan fingerprint density at radius 3 is 1.52 bits per heavy atom. The quantitative estimate of drug-likeness (QED) is 0.155. The highest BCUT2D eigenvalue weighted by Crippen LogP contribution is 2.33. The summed E-state index contributed by atoms with van der Waals surface area (Å²) in [5.74, 6) is 0.982. The molecule has 2 aromatic heterocycles. The molecule has 0 amide bonds. The number of hydrogen-bond acceptors (Lipinski definition) is 5. The van der Waals surface area contributed by atoms with E-state index in [0.29, 0.717) is 39.9 Å². The van der Waals surface area contributed by atoms with Crippen LogP contribution < -0.4 is 0 Å². The maximum atomic E-state index is 9.63. The van der Waals surface area contributed by atoms with Crippen molar-refractivity contribution >= 4 is 10.8 Å². The van der Waals surface area contributed by atoms with Crippen LogP contribution in [0.25, 0.3) is 101 Å². The molecular formula is C53H35N5. The van der Waals surface area contributed by atoms with Crippen LogP contribution in [0, 0.1) is 0 Å². The van der Waals surface area contributed by atoms with Crippen LogP contribution in [-0.2, 0) is 0 Å². The van der Waals surface area contributed by atoms with Crippen LogP contribution in [0.5, 0.6) is 0 Å². The van der Waals surface area contributed by atoms with Gasteiger partial charge in [0.25, 0.3) is 0 Å².